The van der Waals surface area contributed by atoms with Gasteiger partial charge in [0.05, 0.1) is 38.6 Å². The topological polar surface area (TPSA) is 53.7 Å². The Morgan fingerprint density at radius 3 is 1.58 bits per heavy atom. The zero-order valence-electron chi connectivity index (χ0n) is 17.8. The van der Waals surface area contributed by atoms with Crippen LogP contribution < -0.4 is 5.73 Å². The lowest BCUT2D eigenvalue weighted by Gasteiger charge is -2.26. The van der Waals surface area contributed by atoms with Crippen LogP contribution in [0, 0.1) is 5.92 Å². The maximum atomic E-state index is 6.52. The van der Waals surface area contributed by atoms with Crippen LogP contribution in [0.15, 0.2) is 91.0 Å². The molecule has 4 rings (SSSR count). The highest BCUT2D eigenvalue weighted by molar-refractivity contribution is 5.15. The Morgan fingerprint density at radius 1 is 0.613 bits per heavy atom. The van der Waals surface area contributed by atoms with E-state index < -0.39 is 0 Å². The molecule has 31 heavy (non-hydrogen) atoms. The first-order valence-electron chi connectivity index (χ1n) is 11.0. The van der Waals surface area contributed by atoms with Crippen LogP contribution in [-0.4, -0.2) is 24.9 Å². The number of hydrogen-bond donors (Lipinski definition) is 1. The highest BCUT2D eigenvalue weighted by Gasteiger charge is 2.43. The molecular formula is C27H31NO3. The molecule has 162 valence electrons. The van der Waals surface area contributed by atoms with E-state index in [0.29, 0.717) is 26.4 Å². The van der Waals surface area contributed by atoms with Gasteiger partial charge in [-0.15, -0.1) is 0 Å². The van der Waals surface area contributed by atoms with Gasteiger partial charge in [0.2, 0.25) is 0 Å². The summed E-state index contributed by atoms with van der Waals surface area (Å²) in [6, 6.07) is 30.6. The molecule has 1 aliphatic rings. The quantitative estimate of drug-likeness (QED) is 0.519. The first-order chi connectivity index (χ1) is 15.3. The third-order valence-corrected chi connectivity index (χ3v) is 5.80. The Kier molecular flexibility index (Phi) is 7.86. The summed E-state index contributed by atoms with van der Waals surface area (Å²) < 4.78 is 18.7. The molecule has 0 aromatic heterocycles. The summed E-state index contributed by atoms with van der Waals surface area (Å²) in [7, 11) is 0. The molecule has 0 aliphatic heterocycles. The van der Waals surface area contributed by atoms with Crippen LogP contribution >= 0.6 is 0 Å². The molecule has 0 heterocycles. The molecule has 4 heteroatoms. The second-order valence-corrected chi connectivity index (χ2v) is 8.18. The Morgan fingerprint density at radius 2 is 1.06 bits per heavy atom. The highest BCUT2D eigenvalue weighted by atomic mass is 16.5. The van der Waals surface area contributed by atoms with Gasteiger partial charge >= 0.3 is 0 Å². The predicted molar refractivity (Wildman–Crippen MR) is 122 cm³/mol. The molecule has 1 saturated carbocycles. The van der Waals surface area contributed by atoms with Crippen molar-refractivity contribution in [2.75, 3.05) is 6.61 Å². The fraction of sp³-hybridized carbons (Fsp3) is 0.333. The Bertz CT molecular complexity index is 888. The van der Waals surface area contributed by atoms with Crippen LogP contribution in [0.2, 0.25) is 0 Å². The number of nitrogens with two attached hydrogens (primary N) is 1. The van der Waals surface area contributed by atoms with E-state index >= 15 is 0 Å². The summed E-state index contributed by atoms with van der Waals surface area (Å²) in [5.41, 5.74) is 9.97. The van der Waals surface area contributed by atoms with E-state index in [9.17, 15) is 0 Å². The maximum Gasteiger partial charge on any atom is 0.0995 e. The van der Waals surface area contributed by atoms with Crippen molar-refractivity contribution in [3.63, 3.8) is 0 Å². The SMILES string of the molecule is N[C@@H]1C[C@H](COCc2ccccc2)[C@@H](OCc2ccccc2)[C@H]1OCc1ccccc1. The van der Waals surface area contributed by atoms with Gasteiger partial charge in [-0.3, -0.25) is 0 Å². The Labute approximate surface area is 185 Å². The van der Waals surface area contributed by atoms with Crippen LogP contribution in [0.1, 0.15) is 23.1 Å². The van der Waals surface area contributed by atoms with E-state index in [1.54, 1.807) is 0 Å². The molecular weight excluding hydrogens is 386 g/mol. The van der Waals surface area contributed by atoms with Crippen molar-refractivity contribution in [1.29, 1.82) is 0 Å². The summed E-state index contributed by atoms with van der Waals surface area (Å²) in [4.78, 5) is 0. The van der Waals surface area contributed by atoms with Gasteiger partial charge < -0.3 is 19.9 Å². The molecule has 0 bridgehead atoms. The standard InChI is InChI=1S/C27H31NO3/c28-25-16-24(20-29-17-21-10-4-1-5-11-21)26(30-18-22-12-6-2-7-13-22)27(25)31-19-23-14-8-3-9-15-23/h1-15,24-27H,16-20,28H2/t24-,25-,26-,27+/m1/s1. The van der Waals surface area contributed by atoms with Gasteiger partial charge in [0.15, 0.2) is 0 Å². The first kappa shape index (κ1) is 21.7. The molecule has 0 unspecified atom stereocenters. The fourth-order valence-corrected chi connectivity index (χ4v) is 4.18. The second-order valence-electron chi connectivity index (χ2n) is 8.18. The number of rotatable bonds is 10. The smallest absolute Gasteiger partial charge is 0.0995 e. The van der Waals surface area contributed by atoms with Crippen molar-refractivity contribution in [1.82, 2.24) is 0 Å². The molecule has 1 fully saturated rings. The van der Waals surface area contributed by atoms with Crippen LogP contribution in [0.3, 0.4) is 0 Å². The number of hydrogen-bond acceptors (Lipinski definition) is 4. The van der Waals surface area contributed by atoms with Crippen molar-refractivity contribution < 1.29 is 14.2 Å². The zero-order chi connectivity index (χ0) is 21.3. The van der Waals surface area contributed by atoms with E-state index in [4.69, 9.17) is 19.9 Å². The summed E-state index contributed by atoms with van der Waals surface area (Å²) in [5, 5.41) is 0. The van der Waals surface area contributed by atoms with Crippen molar-refractivity contribution in [3.8, 4) is 0 Å². The normalized spacial score (nSPS) is 23.1. The molecule has 1 aliphatic carbocycles. The minimum atomic E-state index is -0.158. The van der Waals surface area contributed by atoms with Crippen molar-refractivity contribution >= 4 is 0 Å². The summed E-state index contributed by atoms with van der Waals surface area (Å²) in [6.45, 7) is 2.27. The van der Waals surface area contributed by atoms with E-state index in [-0.39, 0.29) is 24.2 Å². The lowest BCUT2D eigenvalue weighted by Crippen LogP contribution is -2.40. The summed E-state index contributed by atoms with van der Waals surface area (Å²) in [5.74, 6) is 0.197. The van der Waals surface area contributed by atoms with E-state index in [2.05, 4.69) is 36.4 Å². The fourth-order valence-electron chi connectivity index (χ4n) is 4.18. The molecule has 0 amide bonds. The second kappa shape index (κ2) is 11.2. The third-order valence-electron chi connectivity index (χ3n) is 5.80. The van der Waals surface area contributed by atoms with Gasteiger partial charge in [-0.05, 0) is 23.1 Å². The molecule has 3 aromatic rings. The molecule has 0 saturated heterocycles. The van der Waals surface area contributed by atoms with Crippen molar-refractivity contribution in [3.05, 3.63) is 108 Å². The lowest BCUT2D eigenvalue weighted by atomic mass is 10.1. The Balaban J connectivity index is 1.39. The predicted octanol–water partition coefficient (Wildman–Crippen LogP) is 4.72. The van der Waals surface area contributed by atoms with E-state index in [0.717, 1.165) is 17.5 Å². The van der Waals surface area contributed by atoms with Crippen LogP contribution in [0.5, 0.6) is 0 Å². The molecule has 0 radical (unpaired) electrons. The largest absolute Gasteiger partial charge is 0.376 e. The third kappa shape index (κ3) is 6.25. The van der Waals surface area contributed by atoms with Crippen molar-refractivity contribution in [2.45, 2.75) is 44.5 Å². The molecule has 4 nitrogen and oxygen atoms in total. The summed E-state index contributed by atoms with van der Waals surface area (Å²) in [6.07, 6.45) is 0.567. The van der Waals surface area contributed by atoms with E-state index in [1.165, 1.54) is 5.56 Å². The van der Waals surface area contributed by atoms with Gasteiger partial charge in [0.1, 0.15) is 0 Å². The van der Waals surface area contributed by atoms with Gasteiger partial charge in [-0.2, -0.15) is 0 Å². The average molecular weight is 418 g/mol. The molecule has 3 aromatic carbocycles. The van der Waals surface area contributed by atoms with Crippen LogP contribution in [0.25, 0.3) is 0 Å². The average Bonchev–Trinajstić information content (AvgIpc) is 3.12. The van der Waals surface area contributed by atoms with Crippen molar-refractivity contribution in [2.24, 2.45) is 11.7 Å². The molecule has 0 spiro atoms. The Hall–Kier alpha value is -2.50. The van der Waals surface area contributed by atoms with Gasteiger partial charge in [0.25, 0.3) is 0 Å². The minimum Gasteiger partial charge on any atom is -0.376 e. The lowest BCUT2D eigenvalue weighted by molar-refractivity contribution is -0.0976. The molecule has 4 atom stereocenters. The highest BCUT2D eigenvalue weighted by Crippen LogP contribution is 2.32. The number of benzene rings is 3. The monoisotopic (exact) mass is 417 g/mol. The van der Waals surface area contributed by atoms with Gasteiger partial charge in [0, 0.05) is 12.0 Å². The maximum absolute atomic E-state index is 6.52. The van der Waals surface area contributed by atoms with E-state index in [1.807, 2.05) is 54.6 Å². The zero-order valence-corrected chi connectivity index (χ0v) is 17.8. The van der Waals surface area contributed by atoms with Gasteiger partial charge in [-0.1, -0.05) is 91.0 Å². The van der Waals surface area contributed by atoms with Crippen LogP contribution in [0.4, 0.5) is 0 Å². The first-order valence-corrected chi connectivity index (χ1v) is 11.0. The van der Waals surface area contributed by atoms with Gasteiger partial charge in [-0.25, -0.2) is 0 Å². The van der Waals surface area contributed by atoms with Crippen LogP contribution in [-0.2, 0) is 34.0 Å². The summed E-state index contributed by atoms with van der Waals surface area (Å²) >= 11 is 0. The minimum absolute atomic E-state index is 0.0742. The number of ether oxygens (including phenoxy) is 3. The molecule has 2 N–H and O–H groups in total.